The first-order valence-corrected chi connectivity index (χ1v) is 11.7. The third kappa shape index (κ3) is 4.23. The first-order valence-electron chi connectivity index (χ1n) is 10.5. The topological polar surface area (TPSA) is 41.5 Å². The highest BCUT2D eigenvalue weighted by molar-refractivity contribution is 9.10. The Morgan fingerprint density at radius 3 is 2.38 bits per heavy atom. The third-order valence-corrected chi connectivity index (χ3v) is 7.87. The number of benzene rings is 2. The van der Waals surface area contributed by atoms with E-state index in [0.29, 0.717) is 18.4 Å². The fourth-order valence-electron chi connectivity index (χ4n) is 6.22. The van der Waals surface area contributed by atoms with Crippen LogP contribution in [0.2, 0.25) is 5.02 Å². The van der Waals surface area contributed by atoms with Gasteiger partial charge in [-0.1, -0.05) is 29.8 Å². The summed E-state index contributed by atoms with van der Waals surface area (Å²) in [5.74, 6) is 2.24. The van der Waals surface area contributed by atoms with Gasteiger partial charge in [-0.3, -0.25) is 0 Å². The zero-order chi connectivity index (χ0) is 20.1. The lowest BCUT2D eigenvalue weighted by molar-refractivity contribution is -0.142. The Kier molecular flexibility index (Phi) is 5.18. The van der Waals surface area contributed by atoms with Gasteiger partial charge in [0.2, 0.25) is 0 Å². The molecule has 4 aliphatic rings. The van der Waals surface area contributed by atoms with Crippen molar-refractivity contribution in [3.05, 3.63) is 63.1 Å². The Balaban J connectivity index is 1.21. The van der Waals surface area contributed by atoms with Crippen molar-refractivity contribution in [2.24, 2.45) is 11.8 Å². The van der Waals surface area contributed by atoms with Gasteiger partial charge in [-0.2, -0.15) is 0 Å². The van der Waals surface area contributed by atoms with E-state index in [0.717, 1.165) is 46.6 Å². The summed E-state index contributed by atoms with van der Waals surface area (Å²) in [6, 6.07) is 14.0. The van der Waals surface area contributed by atoms with E-state index in [9.17, 15) is 5.11 Å². The summed E-state index contributed by atoms with van der Waals surface area (Å²) in [6.07, 6.45) is 6.69. The molecule has 0 radical (unpaired) electrons. The van der Waals surface area contributed by atoms with Crippen LogP contribution in [0.15, 0.2) is 46.9 Å². The summed E-state index contributed by atoms with van der Waals surface area (Å²) in [4.78, 5) is 0. The van der Waals surface area contributed by atoms with Crippen molar-refractivity contribution in [2.75, 3.05) is 0 Å². The van der Waals surface area contributed by atoms with Crippen LogP contribution in [0.3, 0.4) is 0 Å². The first kappa shape index (κ1) is 19.9. The van der Waals surface area contributed by atoms with E-state index in [2.05, 4.69) is 33.4 Å². The maximum absolute atomic E-state index is 10.9. The molecule has 6 rings (SSSR count). The predicted molar refractivity (Wildman–Crippen MR) is 119 cm³/mol. The number of rotatable bonds is 6. The van der Waals surface area contributed by atoms with Gasteiger partial charge in [-0.15, -0.1) is 0 Å². The van der Waals surface area contributed by atoms with E-state index >= 15 is 0 Å². The van der Waals surface area contributed by atoms with Gasteiger partial charge in [-0.05, 0) is 102 Å². The molecule has 0 heterocycles. The van der Waals surface area contributed by atoms with Crippen molar-refractivity contribution in [3.8, 4) is 5.75 Å². The summed E-state index contributed by atoms with van der Waals surface area (Å²) >= 11 is 9.60. The molecule has 154 valence electrons. The van der Waals surface area contributed by atoms with Crippen molar-refractivity contribution < 1.29 is 9.84 Å². The quantitative estimate of drug-likeness (QED) is 0.549. The molecule has 3 nitrogen and oxygen atoms in total. The molecular weight excluding hydrogens is 450 g/mol. The summed E-state index contributed by atoms with van der Waals surface area (Å²) in [5, 5.41) is 15.5. The summed E-state index contributed by atoms with van der Waals surface area (Å²) in [6.45, 7) is 1.34. The molecule has 5 heteroatoms. The van der Waals surface area contributed by atoms with Crippen molar-refractivity contribution in [1.29, 1.82) is 0 Å². The minimum atomic E-state index is -0.420. The lowest BCUT2D eigenvalue weighted by Gasteiger charge is -2.60. The van der Waals surface area contributed by atoms with Crippen molar-refractivity contribution in [1.82, 2.24) is 5.32 Å². The van der Waals surface area contributed by atoms with E-state index in [1.54, 1.807) is 0 Å². The molecule has 2 aromatic carbocycles. The summed E-state index contributed by atoms with van der Waals surface area (Å²) < 4.78 is 6.93. The van der Waals surface area contributed by atoms with Gasteiger partial charge in [0.15, 0.2) is 0 Å². The SMILES string of the molecule is OC12CC3CC(C1)CC(NCc1ccc(OCc4ccc(Cl)cc4)c(Br)c1)(C3)C2. The Hall–Kier alpha value is -1.07. The van der Waals surface area contributed by atoms with Crippen molar-refractivity contribution >= 4 is 27.5 Å². The van der Waals surface area contributed by atoms with E-state index in [4.69, 9.17) is 16.3 Å². The van der Waals surface area contributed by atoms with Crippen LogP contribution in [-0.4, -0.2) is 16.2 Å². The Morgan fingerprint density at radius 2 is 1.72 bits per heavy atom. The van der Waals surface area contributed by atoms with Crippen LogP contribution >= 0.6 is 27.5 Å². The number of ether oxygens (including phenoxy) is 1. The first-order chi connectivity index (χ1) is 13.9. The molecular formula is C24H27BrClNO2. The average Bonchev–Trinajstić information content (AvgIpc) is 2.65. The minimum absolute atomic E-state index is 0.120. The highest BCUT2D eigenvalue weighted by Gasteiger charge is 2.56. The van der Waals surface area contributed by atoms with E-state index in [1.807, 2.05) is 30.3 Å². The molecule has 2 unspecified atom stereocenters. The second-order valence-corrected chi connectivity index (χ2v) is 10.8. The predicted octanol–water partition coefficient (Wildman–Crippen LogP) is 5.85. The normalized spacial score (nSPS) is 32.5. The van der Waals surface area contributed by atoms with Gasteiger partial charge in [0.25, 0.3) is 0 Å². The molecule has 29 heavy (non-hydrogen) atoms. The van der Waals surface area contributed by atoms with E-state index in [-0.39, 0.29) is 5.54 Å². The molecule has 0 aliphatic heterocycles. The van der Waals surface area contributed by atoms with Gasteiger partial charge >= 0.3 is 0 Å². The van der Waals surface area contributed by atoms with E-state index in [1.165, 1.54) is 24.8 Å². The van der Waals surface area contributed by atoms with Gasteiger partial charge in [-0.25, -0.2) is 0 Å². The molecule has 0 saturated heterocycles. The number of nitrogens with one attached hydrogen (secondary N) is 1. The Morgan fingerprint density at radius 1 is 1.03 bits per heavy atom. The van der Waals surface area contributed by atoms with Gasteiger partial charge in [0.1, 0.15) is 12.4 Å². The Bertz CT molecular complexity index is 886. The van der Waals surface area contributed by atoms with Crippen LogP contribution < -0.4 is 10.1 Å². The zero-order valence-electron chi connectivity index (χ0n) is 16.5. The van der Waals surface area contributed by atoms with Crippen LogP contribution in [0.1, 0.15) is 49.7 Å². The molecule has 0 spiro atoms. The van der Waals surface area contributed by atoms with Gasteiger partial charge in [0.05, 0.1) is 10.1 Å². The molecule has 2 atom stereocenters. The fourth-order valence-corrected chi connectivity index (χ4v) is 6.89. The number of aliphatic hydroxyl groups is 1. The summed E-state index contributed by atoms with van der Waals surface area (Å²) in [7, 11) is 0. The molecule has 4 aliphatic carbocycles. The third-order valence-electron chi connectivity index (χ3n) is 7.00. The van der Waals surface area contributed by atoms with Crippen LogP contribution in [0, 0.1) is 11.8 Å². The van der Waals surface area contributed by atoms with Crippen LogP contribution in [0.4, 0.5) is 0 Å². The highest BCUT2D eigenvalue weighted by atomic mass is 79.9. The molecule has 4 fully saturated rings. The molecule has 0 aromatic heterocycles. The van der Waals surface area contributed by atoms with Gasteiger partial charge < -0.3 is 15.2 Å². The molecule has 4 bridgehead atoms. The maximum Gasteiger partial charge on any atom is 0.134 e. The highest BCUT2D eigenvalue weighted by Crippen LogP contribution is 2.57. The lowest BCUT2D eigenvalue weighted by atomic mass is 9.51. The largest absolute Gasteiger partial charge is 0.488 e. The molecule has 4 saturated carbocycles. The minimum Gasteiger partial charge on any atom is -0.488 e. The Labute approximate surface area is 185 Å². The zero-order valence-corrected chi connectivity index (χ0v) is 18.8. The van der Waals surface area contributed by atoms with Crippen LogP contribution in [-0.2, 0) is 13.2 Å². The number of halogens is 2. The lowest BCUT2D eigenvalue weighted by Crippen LogP contribution is -2.64. The average molecular weight is 477 g/mol. The smallest absolute Gasteiger partial charge is 0.134 e. The fraction of sp³-hybridized carbons (Fsp3) is 0.500. The second-order valence-electron chi connectivity index (χ2n) is 9.50. The van der Waals surface area contributed by atoms with Crippen LogP contribution in [0.5, 0.6) is 5.75 Å². The van der Waals surface area contributed by atoms with Gasteiger partial charge in [0, 0.05) is 17.1 Å². The summed E-state index contributed by atoms with van der Waals surface area (Å²) in [5.41, 5.74) is 2.02. The monoisotopic (exact) mass is 475 g/mol. The standard InChI is InChI=1S/C24H27BrClNO2/c25-21-8-17(3-6-22(21)29-14-16-1-4-20(26)5-2-16)13-27-23-9-18-7-19(10-23)12-24(28,11-18)15-23/h1-6,8,18-19,27-28H,7,9-15H2. The maximum atomic E-state index is 10.9. The van der Waals surface area contributed by atoms with E-state index < -0.39 is 5.60 Å². The molecule has 2 aromatic rings. The molecule has 0 amide bonds. The second kappa shape index (κ2) is 7.56. The van der Waals surface area contributed by atoms with Crippen LogP contribution in [0.25, 0.3) is 0 Å². The van der Waals surface area contributed by atoms with Crippen molar-refractivity contribution in [2.45, 2.75) is 62.8 Å². The number of hydrogen-bond acceptors (Lipinski definition) is 3. The molecule has 2 N–H and O–H groups in total. The number of hydrogen-bond donors (Lipinski definition) is 2. The van der Waals surface area contributed by atoms with Crippen molar-refractivity contribution in [3.63, 3.8) is 0 Å².